The van der Waals surface area contributed by atoms with Crippen molar-refractivity contribution in [3.63, 3.8) is 0 Å². The number of amides is 1. The summed E-state index contributed by atoms with van der Waals surface area (Å²) in [6.45, 7) is 2.77. The second-order valence-corrected chi connectivity index (χ2v) is 11.1. The molecule has 3 aliphatic rings. The third-order valence-corrected chi connectivity index (χ3v) is 8.53. The fraction of sp³-hybridized carbons (Fsp3) is 0.406. The summed E-state index contributed by atoms with van der Waals surface area (Å²) in [5, 5.41) is 8.53. The van der Waals surface area contributed by atoms with Gasteiger partial charge in [0, 0.05) is 41.8 Å². The van der Waals surface area contributed by atoms with Crippen molar-refractivity contribution in [1.82, 2.24) is 20.1 Å². The number of H-pyrrole nitrogens is 1. The van der Waals surface area contributed by atoms with Gasteiger partial charge in [-0.15, -0.1) is 0 Å². The molecule has 7 rings (SSSR count). The molecule has 10 heteroatoms. The predicted molar refractivity (Wildman–Crippen MR) is 158 cm³/mol. The first-order valence-corrected chi connectivity index (χ1v) is 14.7. The van der Waals surface area contributed by atoms with E-state index in [1.807, 2.05) is 35.2 Å². The summed E-state index contributed by atoms with van der Waals surface area (Å²) in [7, 11) is 3.31. The number of pyridine rings is 1. The van der Waals surface area contributed by atoms with Crippen LogP contribution in [0.2, 0.25) is 0 Å². The zero-order valence-corrected chi connectivity index (χ0v) is 24.1. The third kappa shape index (κ3) is 4.74. The summed E-state index contributed by atoms with van der Waals surface area (Å²) in [6.07, 6.45) is 6.16. The SMILES string of the molecule is COc1ccc(OC)c2nc(N3CCCC3)c(CN(Cc3ccc4c(c3)OCO4)C(=O)c3n[nH]c4c3CCCC4)cc12. The summed E-state index contributed by atoms with van der Waals surface area (Å²) >= 11 is 0. The molecule has 0 spiro atoms. The molecule has 0 bridgehead atoms. The highest BCUT2D eigenvalue weighted by atomic mass is 16.7. The lowest BCUT2D eigenvalue weighted by molar-refractivity contribution is 0.0722. The molecule has 218 valence electrons. The van der Waals surface area contributed by atoms with Crippen LogP contribution in [0.5, 0.6) is 23.0 Å². The van der Waals surface area contributed by atoms with Gasteiger partial charge in [-0.05, 0) is 74.4 Å². The lowest BCUT2D eigenvalue weighted by atomic mass is 9.95. The lowest BCUT2D eigenvalue weighted by Crippen LogP contribution is -2.32. The van der Waals surface area contributed by atoms with Crippen LogP contribution in [-0.2, 0) is 25.9 Å². The Bertz CT molecular complexity index is 1640. The fourth-order valence-corrected chi connectivity index (χ4v) is 6.37. The molecule has 4 aromatic rings. The maximum Gasteiger partial charge on any atom is 0.275 e. The minimum Gasteiger partial charge on any atom is -0.496 e. The maximum atomic E-state index is 14.3. The Kier molecular flexibility index (Phi) is 6.97. The third-order valence-electron chi connectivity index (χ3n) is 8.53. The maximum absolute atomic E-state index is 14.3. The largest absolute Gasteiger partial charge is 0.496 e. The molecule has 1 amide bonds. The van der Waals surface area contributed by atoms with Gasteiger partial charge < -0.3 is 28.7 Å². The Morgan fingerprint density at radius 3 is 2.57 bits per heavy atom. The van der Waals surface area contributed by atoms with Crippen molar-refractivity contribution < 1.29 is 23.7 Å². The number of nitrogens with zero attached hydrogens (tertiary/aromatic N) is 4. The monoisotopic (exact) mass is 569 g/mol. The second-order valence-electron chi connectivity index (χ2n) is 11.1. The molecule has 0 atom stereocenters. The van der Waals surface area contributed by atoms with Crippen LogP contribution >= 0.6 is 0 Å². The number of carbonyl (C=O) groups is 1. The van der Waals surface area contributed by atoms with Crippen molar-refractivity contribution in [2.45, 2.75) is 51.6 Å². The van der Waals surface area contributed by atoms with E-state index in [9.17, 15) is 4.79 Å². The Hall–Kier alpha value is -4.47. The number of anilines is 1. The van der Waals surface area contributed by atoms with Crippen molar-refractivity contribution in [2.24, 2.45) is 0 Å². The first kappa shape index (κ1) is 26.4. The molecule has 4 heterocycles. The molecular formula is C32H35N5O5. The number of benzene rings is 2. The van der Waals surface area contributed by atoms with E-state index in [1.54, 1.807) is 14.2 Å². The number of nitrogens with one attached hydrogen (secondary N) is 1. The number of fused-ring (bicyclic) bond motifs is 3. The average molecular weight is 570 g/mol. The van der Waals surface area contributed by atoms with E-state index in [0.717, 1.165) is 90.7 Å². The standard InChI is InChI=1S/C32H35N5O5/c1-39-25-11-12-27(40-2)29-23(25)16-21(31(33-29)36-13-5-6-14-36)18-37(17-20-9-10-26-28(15-20)42-19-41-26)32(38)30-22-7-3-4-8-24(22)34-35-30/h9-12,15-16H,3-8,13-14,17-19H2,1-2H3,(H,34,35). The van der Waals surface area contributed by atoms with Crippen molar-refractivity contribution in [3.05, 3.63) is 64.5 Å². The van der Waals surface area contributed by atoms with Crippen LogP contribution in [0.4, 0.5) is 5.82 Å². The van der Waals surface area contributed by atoms with Crippen LogP contribution in [0.15, 0.2) is 36.4 Å². The number of aromatic nitrogens is 3. The summed E-state index contributed by atoms with van der Waals surface area (Å²) in [4.78, 5) is 23.7. The smallest absolute Gasteiger partial charge is 0.275 e. The van der Waals surface area contributed by atoms with Crippen molar-refractivity contribution in [2.75, 3.05) is 39.0 Å². The molecule has 42 heavy (non-hydrogen) atoms. The molecule has 1 N–H and O–H groups in total. The van der Waals surface area contributed by atoms with Gasteiger partial charge in [-0.2, -0.15) is 5.10 Å². The minimum absolute atomic E-state index is 0.0999. The molecule has 2 aromatic heterocycles. The van der Waals surface area contributed by atoms with Gasteiger partial charge in [-0.3, -0.25) is 9.89 Å². The van der Waals surface area contributed by atoms with E-state index < -0.39 is 0 Å². The van der Waals surface area contributed by atoms with Gasteiger partial charge in [0.15, 0.2) is 17.2 Å². The molecular weight excluding hydrogens is 534 g/mol. The number of rotatable bonds is 8. The van der Waals surface area contributed by atoms with Gasteiger partial charge in [0.05, 0.1) is 20.8 Å². The number of carbonyl (C=O) groups excluding carboxylic acids is 1. The summed E-state index contributed by atoms with van der Waals surface area (Å²) < 4.78 is 22.6. The number of hydrogen-bond acceptors (Lipinski definition) is 8. The molecule has 0 radical (unpaired) electrons. The Morgan fingerprint density at radius 1 is 0.952 bits per heavy atom. The van der Waals surface area contributed by atoms with Crippen molar-refractivity contribution in [3.8, 4) is 23.0 Å². The molecule has 2 aliphatic heterocycles. The van der Waals surface area contributed by atoms with Crippen LogP contribution in [0.25, 0.3) is 10.9 Å². The molecule has 1 saturated heterocycles. The highest BCUT2D eigenvalue weighted by Crippen LogP contribution is 2.38. The van der Waals surface area contributed by atoms with E-state index >= 15 is 0 Å². The van der Waals surface area contributed by atoms with Crippen molar-refractivity contribution in [1.29, 1.82) is 0 Å². The van der Waals surface area contributed by atoms with E-state index in [1.165, 1.54) is 0 Å². The number of hydrogen-bond donors (Lipinski definition) is 1. The topological polar surface area (TPSA) is 102 Å². The van der Waals surface area contributed by atoms with E-state index in [2.05, 4.69) is 21.2 Å². The first-order chi connectivity index (χ1) is 20.6. The highest BCUT2D eigenvalue weighted by molar-refractivity contribution is 5.95. The highest BCUT2D eigenvalue weighted by Gasteiger charge is 2.29. The number of methoxy groups -OCH3 is 2. The zero-order chi connectivity index (χ0) is 28.6. The lowest BCUT2D eigenvalue weighted by Gasteiger charge is -2.27. The average Bonchev–Trinajstić information content (AvgIpc) is 3.80. The van der Waals surface area contributed by atoms with Crippen LogP contribution < -0.4 is 23.8 Å². The van der Waals surface area contributed by atoms with E-state index in [0.29, 0.717) is 41.8 Å². The van der Waals surface area contributed by atoms with Crippen LogP contribution in [0.3, 0.4) is 0 Å². The quantitative estimate of drug-likeness (QED) is 0.316. The normalized spacial score (nSPS) is 15.6. The number of aromatic amines is 1. The Morgan fingerprint density at radius 2 is 1.74 bits per heavy atom. The molecule has 0 saturated carbocycles. The first-order valence-electron chi connectivity index (χ1n) is 14.7. The van der Waals surface area contributed by atoms with Gasteiger partial charge >= 0.3 is 0 Å². The molecule has 2 aromatic carbocycles. The Balaban J connectivity index is 1.33. The van der Waals surface area contributed by atoms with Gasteiger partial charge in [0.25, 0.3) is 5.91 Å². The number of aryl methyl sites for hydroxylation is 1. The fourth-order valence-electron chi connectivity index (χ4n) is 6.37. The van der Waals surface area contributed by atoms with Crippen LogP contribution in [0.1, 0.15) is 58.6 Å². The van der Waals surface area contributed by atoms with Gasteiger partial charge in [-0.25, -0.2) is 4.98 Å². The van der Waals surface area contributed by atoms with Crippen LogP contribution in [-0.4, -0.2) is 60.1 Å². The summed E-state index contributed by atoms with van der Waals surface area (Å²) in [5.74, 6) is 3.58. The molecule has 10 nitrogen and oxygen atoms in total. The molecule has 1 aliphatic carbocycles. The molecule has 1 fully saturated rings. The minimum atomic E-state index is -0.0999. The van der Waals surface area contributed by atoms with Gasteiger partial charge in [0.2, 0.25) is 6.79 Å². The van der Waals surface area contributed by atoms with Crippen LogP contribution in [0, 0.1) is 0 Å². The predicted octanol–water partition coefficient (Wildman–Crippen LogP) is 5.03. The van der Waals surface area contributed by atoms with E-state index in [-0.39, 0.29) is 12.7 Å². The Labute approximate surface area is 244 Å². The second kappa shape index (κ2) is 11.1. The number of ether oxygens (including phenoxy) is 4. The van der Waals surface area contributed by atoms with Gasteiger partial charge in [0.1, 0.15) is 22.8 Å². The van der Waals surface area contributed by atoms with E-state index in [4.69, 9.17) is 23.9 Å². The zero-order valence-electron chi connectivity index (χ0n) is 24.1. The van der Waals surface area contributed by atoms with Gasteiger partial charge in [-0.1, -0.05) is 6.07 Å². The molecule has 0 unspecified atom stereocenters. The summed E-state index contributed by atoms with van der Waals surface area (Å²) in [6, 6.07) is 11.7. The summed E-state index contributed by atoms with van der Waals surface area (Å²) in [5.41, 5.74) is 5.29. The van der Waals surface area contributed by atoms with Crippen molar-refractivity contribution >= 4 is 22.6 Å².